The van der Waals surface area contributed by atoms with E-state index in [2.05, 4.69) is 22.0 Å². The fraction of sp³-hybridized carbons (Fsp3) is 0.524. The van der Waals surface area contributed by atoms with E-state index in [-0.39, 0.29) is 6.09 Å². The van der Waals surface area contributed by atoms with Gasteiger partial charge in [-0.05, 0) is 51.0 Å². The van der Waals surface area contributed by atoms with Crippen molar-refractivity contribution in [3.8, 4) is 0 Å². The molecule has 1 fully saturated rings. The van der Waals surface area contributed by atoms with Gasteiger partial charge in [-0.1, -0.05) is 35.9 Å². The Labute approximate surface area is 166 Å². The van der Waals surface area contributed by atoms with E-state index in [4.69, 9.17) is 16.3 Å². The molecule has 1 aromatic carbocycles. The summed E-state index contributed by atoms with van der Waals surface area (Å²) < 4.78 is 5.46. The van der Waals surface area contributed by atoms with Crippen LogP contribution in [0.3, 0.4) is 0 Å². The summed E-state index contributed by atoms with van der Waals surface area (Å²) in [6.07, 6.45) is 1.88. The molecular weight excluding hydrogens is 362 g/mol. The predicted molar refractivity (Wildman–Crippen MR) is 111 cm³/mol. The maximum atomic E-state index is 12.2. The van der Waals surface area contributed by atoms with Gasteiger partial charge in [0, 0.05) is 32.1 Å². The summed E-state index contributed by atoms with van der Waals surface area (Å²) in [5.41, 5.74) is -0.476. The highest BCUT2D eigenvalue weighted by atomic mass is 35.5. The lowest BCUT2D eigenvalue weighted by molar-refractivity contribution is 0.0269. The number of ether oxygens (including phenoxy) is 1. The predicted octanol–water partition coefficient (Wildman–Crippen LogP) is 4.97. The van der Waals surface area contributed by atoms with Crippen molar-refractivity contribution in [1.82, 2.24) is 9.88 Å². The van der Waals surface area contributed by atoms with Crippen LogP contribution in [0.25, 0.3) is 10.8 Å². The van der Waals surface area contributed by atoms with Crippen molar-refractivity contribution in [2.75, 3.05) is 31.6 Å². The third-order valence-corrected chi connectivity index (χ3v) is 5.05. The van der Waals surface area contributed by atoms with Crippen LogP contribution in [0.4, 0.5) is 10.6 Å². The number of halogens is 1. The van der Waals surface area contributed by atoms with Crippen LogP contribution < -0.4 is 4.90 Å². The lowest BCUT2D eigenvalue weighted by atomic mass is 9.97. The second-order valence-electron chi connectivity index (χ2n) is 8.31. The zero-order chi connectivity index (χ0) is 19.6. The number of aromatic nitrogens is 1. The normalized spacial score (nSPS) is 17.8. The van der Waals surface area contributed by atoms with Gasteiger partial charge in [-0.25, -0.2) is 9.78 Å². The quantitative estimate of drug-likeness (QED) is 0.695. The Morgan fingerprint density at radius 1 is 1.37 bits per heavy atom. The number of piperidine rings is 1. The number of rotatable bonds is 3. The molecule has 1 atom stereocenters. The van der Waals surface area contributed by atoms with E-state index in [1.54, 1.807) is 11.9 Å². The monoisotopic (exact) mass is 389 g/mol. The number of hydrogen-bond acceptors (Lipinski definition) is 4. The number of nitrogens with zero attached hydrogens (tertiary/aromatic N) is 3. The number of pyridine rings is 1. The summed E-state index contributed by atoms with van der Waals surface area (Å²) in [6.45, 7) is 8.14. The van der Waals surface area contributed by atoms with Gasteiger partial charge in [-0.2, -0.15) is 0 Å². The summed E-state index contributed by atoms with van der Waals surface area (Å²) in [4.78, 5) is 20.8. The molecular formula is C21H28ClN3O2. The zero-order valence-electron chi connectivity index (χ0n) is 16.5. The molecule has 2 heterocycles. The maximum absolute atomic E-state index is 12.2. The number of benzene rings is 1. The van der Waals surface area contributed by atoms with Gasteiger partial charge in [0.2, 0.25) is 0 Å². The first-order valence-corrected chi connectivity index (χ1v) is 9.85. The van der Waals surface area contributed by atoms with E-state index >= 15 is 0 Å². The van der Waals surface area contributed by atoms with Crippen molar-refractivity contribution in [3.63, 3.8) is 0 Å². The van der Waals surface area contributed by atoms with Crippen molar-refractivity contribution >= 4 is 34.3 Å². The zero-order valence-corrected chi connectivity index (χ0v) is 17.3. The number of fused-ring (bicyclic) bond motifs is 1. The molecule has 1 aliphatic rings. The molecule has 27 heavy (non-hydrogen) atoms. The van der Waals surface area contributed by atoms with Gasteiger partial charge in [0.05, 0.1) is 0 Å². The van der Waals surface area contributed by atoms with Crippen LogP contribution in [0.1, 0.15) is 33.6 Å². The van der Waals surface area contributed by atoms with E-state index in [9.17, 15) is 4.79 Å². The average molecular weight is 390 g/mol. The van der Waals surface area contributed by atoms with Gasteiger partial charge in [0.15, 0.2) is 0 Å². The molecule has 1 aliphatic heterocycles. The first kappa shape index (κ1) is 19.7. The molecule has 0 spiro atoms. The third-order valence-electron chi connectivity index (χ3n) is 4.76. The van der Waals surface area contributed by atoms with E-state index in [0.717, 1.165) is 42.5 Å². The molecule has 0 saturated carbocycles. The second kappa shape index (κ2) is 7.93. The summed E-state index contributed by atoms with van der Waals surface area (Å²) in [5.74, 6) is 1.28. The molecule has 0 bridgehead atoms. The number of amides is 1. The highest BCUT2D eigenvalue weighted by Crippen LogP contribution is 2.29. The molecule has 2 aromatic rings. The highest BCUT2D eigenvalue weighted by molar-refractivity contribution is 6.34. The molecule has 146 valence electrons. The Morgan fingerprint density at radius 2 is 2.11 bits per heavy atom. The number of anilines is 1. The van der Waals surface area contributed by atoms with Gasteiger partial charge >= 0.3 is 6.09 Å². The average Bonchev–Trinajstić information content (AvgIpc) is 2.60. The lowest BCUT2D eigenvalue weighted by Crippen LogP contribution is -2.43. The SMILES string of the molecule is CN(C[C@@H]1CCCN(c2cc3ccccc3c(Cl)n2)C1)C(=O)OC(C)(C)C. The Kier molecular flexibility index (Phi) is 5.80. The van der Waals surface area contributed by atoms with Crippen LogP contribution in [0.15, 0.2) is 30.3 Å². The molecule has 0 N–H and O–H groups in total. The van der Waals surface area contributed by atoms with Crippen molar-refractivity contribution in [3.05, 3.63) is 35.5 Å². The molecule has 3 rings (SSSR count). The second-order valence-corrected chi connectivity index (χ2v) is 8.67. The molecule has 0 unspecified atom stereocenters. The fourth-order valence-electron chi connectivity index (χ4n) is 3.53. The van der Waals surface area contributed by atoms with Crippen molar-refractivity contribution in [2.24, 2.45) is 5.92 Å². The molecule has 6 heteroatoms. The minimum atomic E-state index is -0.476. The fourth-order valence-corrected chi connectivity index (χ4v) is 3.79. The summed E-state index contributed by atoms with van der Waals surface area (Å²) in [5, 5.41) is 2.61. The van der Waals surface area contributed by atoms with E-state index in [0.29, 0.717) is 17.6 Å². The van der Waals surface area contributed by atoms with E-state index in [1.165, 1.54) is 0 Å². The van der Waals surface area contributed by atoms with Crippen molar-refractivity contribution < 1.29 is 9.53 Å². The topological polar surface area (TPSA) is 45.7 Å². The first-order valence-electron chi connectivity index (χ1n) is 9.47. The van der Waals surface area contributed by atoms with Crippen molar-refractivity contribution in [2.45, 2.75) is 39.2 Å². The smallest absolute Gasteiger partial charge is 0.410 e. The standard InChI is InChI=1S/C21H28ClN3O2/c1-21(2,3)27-20(26)24(4)13-15-8-7-11-25(14-15)18-12-16-9-5-6-10-17(16)19(22)23-18/h5-6,9-10,12,15H,7-8,11,13-14H2,1-4H3/t15-/m0/s1. The van der Waals surface area contributed by atoms with Gasteiger partial charge in [0.25, 0.3) is 0 Å². The number of carbonyl (C=O) groups excluding carboxylic acids is 1. The van der Waals surface area contributed by atoms with E-state index in [1.807, 2.05) is 39.0 Å². The third kappa shape index (κ3) is 5.04. The van der Waals surface area contributed by atoms with Crippen LogP contribution in [0.5, 0.6) is 0 Å². The molecule has 5 nitrogen and oxygen atoms in total. The lowest BCUT2D eigenvalue weighted by Gasteiger charge is -2.36. The Morgan fingerprint density at radius 3 is 2.85 bits per heavy atom. The molecule has 1 saturated heterocycles. The van der Waals surface area contributed by atoms with Gasteiger partial charge in [-0.3, -0.25) is 0 Å². The Hall–Kier alpha value is -2.01. The first-order chi connectivity index (χ1) is 12.7. The molecule has 0 aliphatic carbocycles. The van der Waals surface area contributed by atoms with Gasteiger partial charge < -0.3 is 14.5 Å². The van der Waals surface area contributed by atoms with Crippen LogP contribution in [0.2, 0.25) is 5.15 Å². The van der Waals surface area contributed by atoms with Crippen LogP contribution >= 0.6 is 11.6 Å². The van der Waals surface area contributed by atoms with Gasteiger partial charge in [0.1, 0.15) is 16.6 Å². The van der Waals surface area contributed by atoms with Crippen LogP contribution in [-0.2, 0) is 4.74 Å². The van der Waals surface area contributed by atoms with Crippen LogP contribution in [0, 0.1) is 5.92 Å². The Bertz CT molecular complexity index is 819. The highest BCUT2D eigenvalue weighted by Gasteiger charge is 2.26. The maximum Gasteiger partial charge on any atom is 0.410 e. The minimum absolute atomic E-state index is 0.272. The van der Waals surface area contributed by atoms with E-state index < -0.39 is 5.60 Å². The summed E-state index contributed by atoms with van der Waals surface area (Å²) >= 11 is 6.40. The van der Waals surface area contributed by atoms with Crippen molar-refractivity contribution in [1.29, 1.82) is 0 Å². The summed E-state index contributed by atoms with van der Waals surface area (Å²) in [6, 6.07) is 10.1. The molecule has 1 aromatic heterocycles. The number of hydrogen-bond donors (Lipinski definition) is 0. The van der Waals surface area contributed by atoms with Gasteiger partial charge in [-0.15, -0.1) is 0 Å². The molecule has 1 amide bonds. The molecule has 0 radical (unpaired) electrons. The number of carbonyl (C=O) groups is 1. The largest absolute Gasteiger partial charge is 0.444 e. The minimum Gasteiger partial charge on any atom is -0.444 e. The summed E-state index contributed by atoms with van der Waals surface area (Å²) in [7, 11) is 1.80. The Balaban J connectivity index is 1.68. The van der Waals surface area contributed by atoms with Crippen LogP contribution in [-0.4, -0.2) is 48.3 Å².